The van der Waals surface area contributed by atoms with Gasteiger partial charge in [-0.15, -0.1) is 0 Å². The summed E-state index contributed by atoms with van der Waals surface area (Å²) >= 11 is 1.60. The van der Waals surface area contributed by atoms with Gasteiger partial charge in [-0.25, -0.2) is 4.98 Å². The van der Waals surface area contributed by atoms with Crippen LogP contribution in [-0.4, -0.2) is 44.8 Å². The van der Waals surface area contributed by atoms with Crippen molar-refractivity contribution in [2.75, 3.05) is 19.6 Å². The van der Waals surface area contributed by atoms with E-state index in [2.05, 4.69) is 14.3 Å². The smallest absolute Gasteiger partial charge is 0.248 e. The van der Waals surface area contributed by atoms with Gasteiger partial charge in [-0.05, 0) is 75.6 Å². The largest absolute Gasteiger partial charge is 0.366 e. The standard InChI is InChI=1S/C23H25N5OS/c24-22(29)17-6-7-18-20(15-17)30-23-26-21(16-8-10-25-11-9-16)19(28(18)23)5-4-14-27-12-2-1-3-13-27/h6-11,15H,1-5,12-14H2,(H2,24,29). The van der Waals surface area contributed by atoms with E-state index in [1.54, 1.807) is 17.4 Å². The lowest BCUT2D eigenvalue weighted by molar-refractivity contribution is 0.100. The van der Waals surface area contributed by atoms with Gasteiger partial charge < -0.3 is 10.6 Å². The first-order chi connectivity index (χ1) is 14.7. The van der Waals surface area contributed by atoms with Crippen molar-refractivity contribution in [1.82, 2.24) is 19.3 Å². The number of nitrogens with two attached hydrogens (primary N) is 1. The SMILES string of the molecule is NC(=O)c1ccc2c(c1)sc1nc(-c3ccncc3)c(CCCN3CCCCC3)n12. The summed E-state index contributed by atoms with van der Waals surface area (Å²) in [7, 11) is 0. The van der Waals surface area contributed by atoms with Crippen LogP contribution in [0.25, 0.3) is 26.4 Å². The van der Waals surface area contributed by atoms with Crippen LogP contribution < -0.4 is 5.73 Å². The Bertz CT molecular complexity index is 1190. The Kier molecular flexibility index (Phi) is 5.23. The topological polar surface area (TPSA) is 76.5 Å². The molecule has 0 bridgehead atoms. The number of amides is 1. The number of imidazole rings is 1. The molecule has 1 aliphatic heterocycles. The number of primary amides is 1. The molecule has 6 nitrogen and oxygen atoms in total. The van der Waals surface area contributed by atoms with E-state index in [1.165, 1.54) is 38.0 Å². The summed E-state index contributed by atoms with van der Waals surface area (Å²) in [4.78, 5) is 24.3. The first-order valence-electron chi connectivity index (χ1n) is 10.6. The zero-order chi connectivity index (χ0) is 20.5. The van der Waals surface area contributed by atoms with E-state index in [9.17, 15) is 4.79 Å². The van der Waals surface area contributed by atoms with Crippen LogP contribution in [-0.2, 0) is 6.42 Å². The van der Waals surface area contributed by atoms with Crippen molar-refractivity contribution >= 4 is 32.4 Å². The van der Waals surface area contributed by atoms with E-state index < -0.39 is 5.91 Å². The number of nitrogens with zero attached hydrogens (tertiary/aromatic N) is 4. The lowest BCUT2D eigenvalue weighted by Gasteiger charge is -2.26. The summed E-state index contributed by atoms with van der Waals surface area (Å²) in [6.07, 6.45) is 9.68. The molecule has 0 unspecified atom stereocenters. The molecule has 0 aliphatic carbocycles. The molecule has 30 heavy (non-hydrogen) atoms. The van der Waals surface area contributed by atoms with Crippen molar-refractivity contribution in [3.05, 3.63) is 54.0 Å². The molecule has 0 spiro atoms. The number of carbonyl (C=O) groups is 1. The molecular weight excluding hydrogens is 394 g/mol. The summed E-state index contributed by atoms with van der Waals surface area (Å²) in [6, 6.07) is 9.72. The molecule has 1 aliphatic rings. The highest BCUT2D eigenvalue weighted by Crippen LogP contribution is 2.34. The summed E-state index contributed by atoms with van der Waals surface area (Å²) in [6.45, 7) is 3.56. The van der Waals surface area contributed by atoms with Gasteiger partial charge in [0.2, 0.25) is 5.91 Å². The third kappa shape index (κ3) is 3.59. The Labute approximate surface area is 179 Å². The number of hydrogen-bond acceptors (Lipinski definition) is 5. The second-order valence-electron chi connectivity index (χ2n) is 7.92. The van der Waals surface area contributed by atoms with Crippen LogP contribution in [0.1, 0.15) is 41.7 Å². The molecule has 7 heteroatoms. The minimum atomic E-state index is -0.401. The molecule has 4 aromatic rings. The number of piperidine rings is 1. The number of likely N-dealkylation sites (tertiary alicyclic amines) is 1. The van der Waals surface area contributed by atoms with Crippen LogP contribution in [0.5, 0.6) is 0 Å². The fourth-order valence-electron chi connectivity index (χ4n) is 4.40. The van der Waals surface area contributed by atoms with Crippen molar-refractivity contribution in [3.8, 4) is 11.3 Å². The third-order valence-corrected chi connectivity index (χ3v) is 6.92. The van der Waals surface area contributed by atoms with Crippen molar-refractivity contribution in [2.45, 2.75) is 32.1 Å². The fraction of sp³-hybridized carbons (Fsp3) is 0.348. The summed E-state index contributed by atoms with van der Waals surface area (Å²) in [5, 5.41) is 0. The van der Waals surface area contributed by atoms with Crippen molar-refractivity contribution in [2.24, 2.45) is 5.73 Å². The third-order valence-electron chi connectivity index (χ3n) is 5.92. The van der Waals surface area contributed by atoms with E-state index >= 15 is 0 Å². The van der Waals surface area contributed by atoms with Crippen LogP contribution in [0.15, 0.2) is 42.7 Å². The highest BCUT2D eigenvalue weighted by atomic mass is 32.1. The predicted molar refractivity (Wildman–Crippen MR) is 121 cm³/mol. The van der Waals surface area contributed by atoms with Gasteiger partial charge in [0.25, 0.3) is 0 Å². The number of aromatic nitrogens is 3. The molecule has 0 atom stereocenters. The second kappa shape index (κ2) is 8.16. The van der Waals surface area contributed by atoms with E-state index in [1.807, 2.05) is 36.7 Å². The molecule has 2 N–H and O–H groups in total. The quantitative estimate of drug-likeness (QED) is 0.510. The lowest BCUT2D eigenvalue weighted by atomic mass is 10.1. The number of benzene rings is 1. The predicted octanol–water partition coefficient (Wildman–Crippen LogP) is 4.13. The summed E-state index contributed by atoms with van der Waals surface area (Å²) in [5.74, 6) is -0.401. The van der Waals surface area contributed by atoms with Gasteiger partial charge in [-0.2, -0.15) is 0 Å². The van der Waals surface area contributed by atoms with E-state index in [0.29, 0.717) is 5.56 Å². The Balaban J connectivity index is 1.54. The second-order valence-corrected chi connectivity index (χ2v) is 8.92. The maximum atomic E-state index is 11.6. The van der Waals surface area contributed by atoms with Crippen LogP contribution in [0.3, 0.4) is 0 Å². The van der Waals surface area contributed by atoms with Gasteiger partial charge in [-0.1, -0.05) is 17.8 Å². The molecular formula is C23H25N5OS. The van der Waals surface area contributed by atoms with Crippen LogP contribution in [0, 0.1) is 0 Å². The highest BCUT2D eigenvalue weighted by Gasteiger charge is 2.19. The van der Waals surface area contributed by atoms with Gasteiger partial charge in [0.05, 0.1) is 21.6 Å². The number of hydrogen-bond donors (Lipinski definition) is 1. The molecule has 0 saturated carbocycles. The van der Waals surface area contributed by atoms with Crippen LogP contribution >= 0.6 is 11.3 Å². The normalized spacial score (nSPS) is 15.2. The van der Waals surface area contributed by atoms with E-state index in [4.69, 9.17) is 10.7 Å². The molecule has 1 aromatic carbocycles. The molecule has 1 saturated heterocycles. The zero-order valence-electron chi connectivity index (χ0n) is 16.9. The van der Waals surface area contributed by atoms with Crippen LogP contribution in [0.2, 0.25) is 0 Å². The van der Waals surface area contributed by atoms with Gasteiger partial charge in [-0.3, -0.25) is 14.2 Å². The molecule has 154 valence electrons. The molecule has 5 rings (SSSR count). The van der Waals surface area contributed by atoms with Crippen LogP contribution in [0.4, 0.5) is 0 Å². The Morgan fingerprint density at radius 3 is 2.67 bits per heavy atom. The van der Waals surface area contributed by atoms with Crippen molar-refractivity contribution in [1.29, 1.82) is 0 Å². The summed E-state index contributed by atoms with van der Waals surface area (Å²) < 4.78 is 3.30. The fourth-order valence-corrected chi connectivity index (χ4v) is 5.49. The lowest BCUT2D eigenvalue weighted by Crippen LogP contribution is -2.30. The maximum Gasteiger partial charge on any atom is 0.248 e. The average molecular weight is 420 g/mol. The van der Waals surface area contributed by atoms with Crippen molar-refractivity contribution < 1.29 is 4.79 Å². The number of pyridine rings is 1. The zero-order valence-corrected chi connectivity index (χ0v) is 17.7. The monoisotopic (exact) mass is 419 g/mol. The molecule has 3 aromatic heterocycles. The Hall–Kier alpha value is -2.77. The highest BCUT2D eigenvalue weighted by molar-refractivity contribution is 7.23. The number of carbonyl (C=O) groups excluding carboxylic acids is 1. The Morgan fingerprint density at radius 1 is 1.10 bits per heavy atom. The molecule has 1 fully saturated rings. The first-order valence-corrected chi connectivity index (χ1v) is 11.4. The van der Waals surface area contributed by atoms with Crippen molar-refractivity contribution in [3.63, 3.8) is 0 Å². The van der Waals surface area contributed by atoms with Gasteiger partial charge in [0.1, 0.15) is 0 Å². The van der Waals surface area contributed by atoms with E-state index in [0.717, 1.165) is 45.8 Å². The average Bonchev–Trinajstić information content (AvgIpc) is 3.31. The molecule has 4 heterocycles. The Morgan fingerprint density at radius 2 is 1.90 bits per heavy atom. The first kappa shape index (κ1) is 19.2. The number of thiazole rings is 1. The van der Waals surface area contributed by atoms with Gasteiger partial charge in [0.15, 0.2) is 4.96 Å². The van der Waals surface area contributed by atoms with E-state index in [-0.39, 0.29) is 0 Å². The number of fused-ring (bicyclic) bond motifs is 3. The van der Waals surface area contributed by atoms with Gasteiger partial charge >= 0.3 is 0 Å². The maximum absolute atomic E-state index is 11.6. The minimum absolute atomic E-state index is 0.401. The van der Waals surface area contributed by atoms with Gasteiger partial charge in [0, 0.05) is 23.5 Å². The number of aryl methyl sites for hydroxylation is 1. The minimum Gasteiger partial charge on any atom is -0.366 e. The molecule has 0 radical (unpaired) electrons. The molecule has 1 amide bonds. The summed E-state index contributed by atoms with van der Waals surface area (Å²) in [5.41, 5.74) is 10.4. The number of rotatable bonds is 6.